The Hall–Kier alpha value is -3.65. The molecule has 0 saturated heterocycles. The summed E-state index contributed by atoms with van der Waals surface area (Å²) in [6, 6.07) is 20.4. The van der Waals surface area contributed by atoms with Gasteiger partial charge in [-0.25, -0.2) is 8.42 Å². The number of carbonyl (C=O) groups excluding carboxylic acids is 2. The fourth-order valence-corrected chi connectivity index (χ4v) is 5.81. The molecule has 1 N–H and O–H groups in total. The number of hydrogen-bond donors (Lipinski definition) is 1. The lowest BCUT2D eigenvalue weighted by molar-refractivity contribution is -0.140. The Morgan fingerprint density at radius 3 is 2.13 bits per heavy atom. The van der Waals surface area contributed by atoms with Gasteiger partial charge in [0.2, 0.25) is 11.8 Å². The Labute approximate surface area is 232 Å². The summed E-state index contributed by atoms with van der Waals surface area (Å²) in [5.41, 5.74) is 4.21. The molecule has 0 fully saturated rings. The summed E-state index contributed by atoms with van der Waals surface area (Å²) in [6.45, 7) is 9.88. The maximum absolute atomic E-state index is 14.1. The van der Waals surface area contributed by atoms with Gasteiger partial charge in [0.05, 0.1) is 10.6 Å². The van der Waals surface area contributed by atoms with E-state index < -0.39 is 28.5 Å². The molecule has 1 unspecified atom stereocenters. The van der Waals surface area contributed by atoms with Gasteiger partial charge in [-0.3, -0.25) is 13.9 Å². The maximum atomic E-state index is 14.1. The zero-order chi connectivity index (χ0) is 28.6. The van der Waals surface area contributed by atoms with Crippen LogP contribution in [0.15, 0.2) is 77.7 Å². The molecule has 0 aliphatic rings. The molecule has 1 atom stereocenters. The van der Waals surface area contributed by atoms with Crippen LogP contribution >= 0.6 is 0 Å². The standard InChI is InChI=1S/C31H39N3O4S/c1-6-19-32-31(36)29(7-2)33(21-26-14-12-11-13-24(26)4)30(35)22-34(27-18-17-23(3)25(5)20-27)39(37,38)28-15-9-8-10-16-28/h8-18,20,29H,6-7,19,21-22H2,1-5H3,(H,32,36). The van der Waals surface area contributed by atoms with Gasteiger partial charge in [-0.15, -0.1) is 0 Å². The molecular formula is C31H39N3O4S. The first kappa shape index (κ1) is 29.9. The summed E-state index contributed by atoms with van der Waals surface area (Å²) in [5, 5.41) is 2.91. The van der Waals surface area contributed by atoms with E-state index >= 15 is 0 Å². The van der Waals surface area contributed by atoms with Gasteiger partial charge in [0.15, 0.2) is 0 Å². The van der Waals surface area contributed by atoms with E-state index in [4.69, 9.17) is 0 Å². The minimum absolute atomic E-state index is 0.0919. The lowest BCUT2D eigenvalue weighted by atomic mass is 10.1. The summed E-state index contributed by atoms with van der Waals surface area (Å²) in [7, 11) is -4.07. The van der Waals surface area contributed by atoms with Crippen molar-refractivity contribution in [1.29, 1.82) is 0 Å². The first-order chi connectivity index (χ1) is 18.6. The maximum Gasteiger partial charge on any atom is 0.264 e. The molecule has 0 aliphatic heterocycles. The van der Waals surface area contributed by atoms with Crippen molar-refractivity contribution in [1.82, 2.24) is 10.2 Å². The highest BCUT2D eigenvalue weighted by Gasteiger charge is 2.33. The molecule has 0 saturated carbocycles. The number of amides is 2. The number of nitrogens with zero attached hydrogens (tertiary/aromatic N) is 2. The summed E-state index contributed by atoms with van der Waals surface area (Å²) >= 11 is 0. The van der Waals surface area contributed by atoms with Gasteiger partial charge in [0, 0.05) is 13.1 Å². The third kappa shape index (κ3) is 7.26. The number of carbonyl (C=O) groups is 2. The molecule has 0 heterocycles. The van der Waals surface area contributed by atoms with E-state index in [1.807, 2.05) is 65.0 Å². The fraction of sp³-hybridized carbons (Fsp3) is 0.355. The zero-order valence-electron chi connectivity index (χ0n) is 23.5. The van der Waals surface area contributed by atoms with E-state index in [2.05, 4.69) is 5.32 Å². The number of benzene rings is 3. The van der Waals surface area contributed by atoms with Crippen molar-refractivity contribution < 1.29 is 18.0 Å². The second-order valence-electron chi connectivity index (χ2n) is 9.76. The van der Waals surface area contributed by atoms with Crippen LogP contribution in [0.25, 0.3) is 0 Å². The van der Waals surface area contributed by atoms with Crippen molar-refractivity contribution >= 4 is 27.5 Å². The first-order valence-corrected chi connectivity index (χ1v) is 14.8. The minimum atomic E-state index is -4.07. The van der Waals surface area contributed by atoms with Crippen LogP contribution in [0.4, 0.5) is 5.69 Å². The van der Waals surface area contributed by atoms with Crippen molar-refractivity contribution in [2.45, 2.75) is 64.9 Å². The highest BCUT2D eigenvalue weighted by Crippen LogP contribution is 2.27. The van der Waals surface area contributed by atoms with E-state index in [1.54, 1.807) is 30.3 Å². The average molecular weight is 550 g/mol. The molecule has 0 spiro atoms. The van der Waals surface area contributed by atoms with Gasteiger partial charge in [-0.05, 0) is 80.1 Å². The predicted octanol–water partition coefficient (Wildman–Crippen LogP) is 5.14. The van der Waals surface area contributed by atoms with Crippen LogP contribution in [0.5, 0.6) is 0 Å². The topological polar surface area (TPSA) is 86.8 Å². The van der Waals surface area contributed by atoms with Crippen LogP contribution < -0.4 is 9.62 Å². The van der Waals surface area contributed by atoms with Gasteiger partial charge in [0.1, 0.15) is 12.6 Å². The second-order valence-corrected chi connectivity index (χ2v) is 11.6. The third-order valence-corrected chi connectivity index (χ3v) is 8.71. The van der Waals surface area contributed by atoms with E-state index in [9.17, 15) is 18.0 Å². The molecule has 39 heavy (non-hydrogen) atoms. The molecule has 3 aromatic carbocycles. The van der Waals surface area contributed by atoms with Crippen molar-refractivity contribution in [3.8, 4) is 0 Å². The van der Waals surface area contributed by atoms with E-state index in [1.165, 1.54) is 17.0 Å². The van der Waals surface area contributed by atoms with Crippen LogP contribution in [-0.2, 0) is 26.2 Å². The molecule has 3 rings (SSSR count). The predicted molar refractivity (Wildman–Crippen MR) is 156 cm³/mol. The molecular weight excluding hydrogens is 510 g/mol. The van der Waals surface area contributed by atoms with Crippen LogP contribution in [0.1, 0.15) is 48.9 Å². The van der Waals surface area contributed by atoms with Crippen LogP contribution in [-0.4, -0.2) is 44.3 Å². The number of anilines is 1. The minimum Gasteiger partial charge on any atom is -0.354 e. The van der Waals surface area contributed by atoms with Crippen LogP contribution in [0.3, 0.4) is 0 Å². The Morgan fingerprint density at radius 2 is 1.51 bits per heavy atom. The van der Waals surface area contributed by atoms with E-state index in [0.29, 0.717) is 18.7 Å². The zero-order valence-corrected chi connectivity index (χ0v) is 24.3. The molecule has 8 heteroatoms. The quantitative estimate of drug-likeness (QED) is 0.339. The Kier molecular flexibility index (Phi) is 10.3. The molecule has 0 aliphatic carbocycles. The van der Waals surface area contributed by atoms with Crippen molar-refractivity contribution in [2.75, 3.05) is 17.4 Å². The second kappa shape index (κ2) is 13.4. The van der Waals surface area contributed by atoms with Gasteiger partial charge < -0.3 is 10.2 Å². The molecule has 2 amide bonds. The first-order valence-electron chi connectivity index (χ1n) is 13.4. The largest absolute Gasteiger partial charge is 0.354 e. The highest BCUT2D eigenvalue weighted by molar-refractivity contribution is 7.92. The van der Waals surface area contributed by atoms with Gasteiger partial charge >= 0.3 is 0 Å². The summed E-state index contributed by atoms with van der Waals surface area (Å²) in [4.78, 5) is 28.9. The van der Waals surface area contributed by atoms with Gasteiger partial charge in [0.25, 0.3) is 10.0 Å². The van der Waals surface area contributed by atoms with Crippen LogP contribution in [0.2, 0.25) is 0 Å². The molecule has 7 nitrogen and oxygen atoms in total. The number of sulfonamides is 1. The highest BCUT2D eigenvalue weighted by atomic mass is 32.2. The summed E-state index contributed by atoms with van der Waals surface area (Å²) in [6.07, 6.45) is 1.16. The molecule has 208 valence electrons. The third-order valence-electron chi connectivity index (χ3n) is 6.93. The lowest BCUT2D eigenvalue weighted by Gasteiger charge is -2.33. The number of hydrogen-bond acceptors (Lipinski definition) is 4. The Balaban J connectivity index is 2.07. The van der Waals surface area contributed by atoms with Crippen LogP contribution in [0, 0.1) is 20.8 Å². The molecule has 0 radical (unpaired) electrons. The lowest BCUT2D eigenvalue weighted by Crippen LogP contribution is -2.52. The average Bonchev–Trinajstić information content (AvgIpc) is 2.93. The van der Waals surface area contributed by atoms with Crippen molar-refractivity contribution in [2.24, 2.45) is 0 Å². The number of nitrogens with one attached hydrogen (secondary N) is 1. The summed E-state index contributed by atoms with van der Waals surface area (Å²) < 4.78 is 28.9. The van der Waals surface area contributed by atoms with Crippen molar-refractivity contribution in [3.63, 3.8) is 0 Å². The SMILES string of the molecule is CCCNC(=O)C(CC)N(Cc1ccccc1C)C(=O)CN(c1ccc(C)c(C)c1)S(=O)(=O)c1ccccc1. The molecule has 0 bridgehead atoms. The Morgan fingerprint density at radius 1 is 0.846 bits per heavy atom. The van der Waals surface area contributed by atoms with E-state index in [0.717, 1.165) is 33.0 Å². The van der Waals surface area contributed by atoms with Gasteiger partial charge in [-0.2, -0.15) is 0 Å². The number of aryl methyl sites for hydroxylation is 3. The molecule has 0 aromatic heterocycles. The monoisotopic (exact) mass is 549 g/mol. The normalized spacial score (nSPS) is 12.0. The molecule has 3 aromatic rings. The number of rotatable bonds is 12. The van der Waals surface area contributed by atoms with E-state index in [-0.39, 0.29) is 17.3 Å². The fourth-order valence-electron chi connectivity index (χ4n) is 4.39. The van der Waals surface area contributed by atoms with Gasteiger partial charge in [-0.1, -0.05) is 62.4 Å². The summed E-state index contributed by atoms with van der Waals surface area (Å²) in [5.74, 6) is -0.695. The van der Waals surface area contributed by atoms with Crippen molar-refractivity contribution in [3.05, 3.63) is 95.1 Å². The smallest absolute Gasteiger partial charge is 0.264 e. The Bertz CT molecular complexity index is 1390.